The van der Waals surface area contributed by atoms with Crippen molar-refractivity contribution in [1.29, 1.82) is 0 Å². The number of thiol groups is 1. The largest absolute Gasteiger partial charge is 0.480 e. The predicted molar refractivity (Wildman–Crippen MR) is 75.9 cm³/mol. The van der Waals surface area contributed by atoms with E-state index in [4.69, 9.17) is 15.9 Å². The van der Waals surface area contributed by atoms with Gasteiger partial charge in [-0.25, -0.2) is 0 Å². The number of hydrogen-bond acceptors (Lipinski definition) is 6. The second-order valence-corrected chi connectivity index (χ2v) is 4.62. The molecule has 0 aliphatic heterocycles. The van der Waals surface area contributed by atoms with Crippen molar-refractivity contribution in [2.24, 2.45) is 5.73 Å². The third kappa shape index (κ3) is 8.87. The van der Waals surface area contributed by atoms with Crippen molar-refractivity contribution in [2.45, 2.75) is 31.3 Å². The first-order chi connectivity index (χ1) is 9.77. The molecule has 0 saturated heterocycles. The Morgan fingerprint density at radius 3 is 2.29 bits per heavy atom. The fraction of sp³-hybridized carbons (Fsp3) is 0.636. The van der Waals surface area contributed by atoms with E-state index in [2.05, 4.69) is 23.3 Å². The van der Waals surface area contributed by atoms with Crippen LogP contribution in [0.5, 0.6) is 0 Å². The first kappa shape index (κ1) is 19.2. The van der Waals surface area contributed by atoms with Crippen LogP contribution in [-0.2, 0) is 19.2 Å². The van der Waals surface area contributed by atoms with E-state index in [1.54, 1.807) is 0 Å². The first-order valence-electron chi connectivity index (χ1n) is 6.16. The van der Waals surface area contributed by atoms with Crippen LogP contribution in [0.25, 0.3) is 0 Å². The number of rotatable bonds is 10. The number of nitrogens with one attached hydrogen (secondary N) is 2. The third-order valence-electron chi connectivity index (χ3n) is 2.48. The molecule has 6 N–H and O–H groups in total. The van der Waals surface area contributed by atoms with E-state index in [1.165, 1.54) is 0 Å². The van der Waals surface area contributed by atoms with Gasteiger partial charge in [0.05, 0.1) is 0 Å². The molecule has 0 radical (unpaired) electrons. The lowest BCUT2D eigenvalue weighted by Gasteiger charge is -2.16. The summed E-state index contributed by atoms with van der Waals surface area (Å²) in [6.45, 7) is -0.549. The van der Waals surface area contributed by atoms with E-state index in [-0.39, 0.29) is 25.0 Å². The molecule has 0 unspecified atom stereocenters. The first-order valence-corrected chi connectivity index (χ1v) is 6.79. The zero-order chi connectivity index (χ0) is 16.4. The van der Waals surface area contributed by atoms with Gasteiger partial charge in [-0.15, -0.1) is 0 Å². The fourth-order valence-corrected chi connectivity index (χ4v) is 1.61. The zero-order valence-electron chi connectivity index (χ0n) is 11.2. The molecule has 10 heteroatoms. The van der Waals surface area contributed by atoms with Gasteiger partial charge in [-0.1, -0.05) is 0 Å². The van der Waals surface area contributed by atoms with Crippen LogP contribution in [0.15, 0.2) is 0 Å². The van der Waals surface area contributed by atoms with E-state index in [0.29, 0.717) is 0 Å². The van der Waals surface area contributed by atoms with E-state index < -0.39 is 42.4 Å². The van der Waals surface area contributed by atoms with Gasteiger partial charge in [0.1, 0.15) is 18.6 Å². The molecule has 0 spiro atoms. The standard InChI is InChI=1S/C11H19N3O6S/c12-6(11(19)20)2-1-3-8(15)14-7(5-21)10(18)13-4-9(16)17/h6-7,21H,1-5,12H2,(H,13,18)(H,14,15)(H,16,17)(H,19,20)/t6-,7-/m0/s1. The smallest absolute Gasteiger partial charge is 0.322 e. The van der Waals surface area contributed by atoms with Gasteiger partial charge in [-0.2, -0.15) is 12.6 Å². The molecule has 0 heterocycles. The van der Waals surface area contributed by atoms with Gasteiger partial charge in [0, 0.05) is 12.2 Å². The monoisotopic (exact) mass is 321 g/mol. The van der Waals surface area contributed by atoms with Gasteiger partial charge in [-0.05, 0) is 12.8 Å². The molecule has 0 rings (SSSR count). The number of carboxylic acids is 2. The summed E-state index contributed by atoms with van der Waals surface area (Å²) in [5.74, 6) is -3.45. The molecule has 0 saturated carbocycles. The summed E-state index contributed by atoms with van der Waals surface area (Å²) >= 11 is 3.90. The van der Waals surface area contributed by atoms with Crippen LogP contribution in [0.1, 0.15) is 19.3 Å². The molecule has 9 nitrogen and oxygen atoms in total. The van der Waals surface area contributed by atoms with Crippen molar-refractivity contribution >= 4 is 36.4 Å². The molecule has 21 heavy (non-hydrogen) atoms. The van der Waals surface area contributed by atoms with Crippen LogP contribution < -0.4 is 16.4 Å². The summed E-state index contributed by atoms with van der Waals surface area (Å²) in [5, 5.41) is 21.5. The Hall–Kier alpha value is -1.81. The summed E-state index contributed by atoms with van der Waals surface area (Å²) in [6, 6.07) is -1.98. The number of carbonyl (C=O) groups excluding carboxylic acids is 2. The minimum atomic E-state index is -1.20. The minimum absolute atomic E-state index is 0.00579. The van der Waals surface area contributed by atoms with Crippen LogP contribution in [0.4, 0.5) is 0 Å². The highest BCUT2D eigenvalue weighted by atomic mass is 32.1. The van der Waals surface area contributed by atoms with E-state index in [1.807, 2.05) is 0 Å². The van der Waals surface area contributed by atoms with Crippen LogP contribution in [0.3, 0.4) is 0 Å². The summed E-state index contributed by atoms with van der Waals surface area (Å²) in [5.41, 5.74) is 5.28. The molecule has 2 atom stereocenters. The number of aliphatic carboxylic acids is 2. The van der Waals surface area contributed by atoms with Gasteiger partial charge in [0.25, 0.3) is 0 Å². The molecule has 0 aromatic rings. The predicted octanol–water partition coefficient (Wildman–Crippen LogP) is -1.82. The highest BCUT2D eigenvalue weighted by molar-refractivity contribution is 7.80. The summed E-state index contributed by atoms with van der Waals surface area (Å²) in [6.07, 6.45) is 0.409. The van der Waals surface area contributed by atoms with Crippen LogP contribution >= 0.6 is 12.6 Å². The Balaban J connectivity index is 4.11. The quantitative estimate of drug-likeness (QED) is 0.258. The fourth-order valence-electron chi connectivity index (χ4n) is 1.35. The molecule has 0 fully saturated rings. The van der Waals surface area contributed by atoms with E-state index >= 15 is 0 Å². The Labute approximate surface area is 126 Å². The number of amides is 2. The lowest BCUT2D eigenvalue weighted by Crippen LogP contribution is -2.49. The second-order valence-electron chi connectivity index (χ2n) is 4.25. The molecule has 120 valence electrons. The van der Waals surface area contributed by atoms with Crippen molar-refractivity contribution in [3.8, 4) is 0 Å². The van der Waals surface area contributed by atoms with Crippen molar-refractivity contribution in [1.82, 2.24) is 10.6 Å². The van der Waals surface area contributed by atoms with Crippen molar-refractivity contribution in [3.05, 3.63) is 0 Å². The van der Waals surface area contributed by atoms with E-state index in [0.717, 1.165) is 0 Å². The van der Waals surface area contributed by atoms with Gasteiger partial charge in [0.15, 0.2) is 0 Å². The number of carbonyl (C=O) groups is 4. The van der Waals surface area contributed by atoms with Gasteiger partial charge >= 0.3 is 11.9 Å². The van der Waals surface area contributed by atoms with Gasteiger partial charge in [0.2, 0.25) is 11.8 Å². The normalized spacial score (nSPS) is 13.0. The molecular weight excluding hydrogens is 302 g/mol. The maximum Gasteiger partial charge on any atom is 0.322 e. The molecular formula is C11H19N3O6S. The van der Waals surface area contributed by atoms with Crippen molar-refractivity contribution in [2.75, 3.05) is 12.3 Å². The SMILES string of the molecule is N[C@@H](CCCC(=O)N[C@@H](CS)C(=O)NCC(=O)O)C(=O)O. The third-order valence-corrected chi connectivity index (χ3v) is 2.85. The highest BCUT2D eigenvalue weighted by Gasteiger charge is 2.20. The number of nitrogens with two attached hydrogens (primary N) is 1. The summed E-state index contributed by atoms with van der Waals surface area (Å²) < 4.78 is 0. The van der Waals surface area contributed by atoms with Crippen LogP contribution in [0, 0.1) is 0 Å². The maximum absolute atomic E-state index is 11.6. The van der Waals surface area contributed by atoms with Crippen molar-refractivity contribution < 1.29 is 29.4 Å². The molecule has 0 aromatic heterocycles. The average molecular weight is 321 g/mol. The number of hydrogen-bond donors (Lipinski definition) is 6. The Morgan fingerprint density at radius 2 is 1.81 bits per heavy atom. The number of carboxylic acid groups (broad SMARTS) is 2. The highest BCUT2D eigenvalue weighted by Crippen LogP contribution is 2.00. The Kier molecular flexibility index (Phi) is 9.13. The maximum atomic E-state index is 11.6. The minimum Gasteiger partial charge on any atom is -0.480 e. The van der Waals surface area contributed by atoms with Gasteiger partial charge in [-0.3, -0.25) is 19.2 Å². The Morgan fingerprint density at radius 1 is 1.19 bits per heavy atom. The summed E-state index contributed by atoms with van der Waals surface area (Å²) in [7, 11) is 0. The molecule has 0 aromatic carbocycles. The van der Waals surface area contributed by atoms with E-state index in [9.17, 15) is 19.2 Å². The average Bonchev–Trinajstić information content (AvgIpc) is 2.41. The molecule has 2 amide bonds. The lowest BCUT2D eigenvalue weighted by atomic mass is 10.1. The van der Waals surface area contributed by atoms with Crippen LogP contribution in [0.2, 0.25) is 0 Å². The summed E-state index contributed by atoms with van der Waals surface area (Å²) in [4.78, 5) is 43.9. The molecule has 0 bridgehead atoms. The topological polar surface area (TPSA) is 159 Å². The van der Waals surface area contributed by atoms with Gasteiger partial charge < -0.3 is 26.6 Å². The Bertz CT molecular complexity index is 403. The zero-order valence-corrected chi connectivity index (χ0v) is 12.1. The van der Waals surface area contributed by atoms with Crippen molar-refractivity contribution in [3.63, 3.8) is 0 Å². The molecule has 0 aliphatic rings. The molecule has 0 aliphatic carbocycles. The van der Waals surface area contributed by atoms with Crippen LogP contribution in [-0.4, -0.2) is 58.3 Å². The lowest BCUT2D eigenvalue weighted by molar-refractivity contribution is -0.139. The second kappa shape index (κ2) is 10.00.